The molecule has 0 saturated carbocycles. The number of nitrogens with zero attached hydrogens (tertiary/aromatic N) is 4. The second-order valence-electron chi connectivity index (χ2n) is 4.60. The molecule has 1 aliphatic rings. The first kappa shape index (κ1) is 14.3. The van der Waals surface area contributed by atoms with Gasteiger partial charge in [0.2, 0.25) is 5.91 Å². The molecule has 10 heteroatoms. The van der Waals surface area contributed by atoms with Gasteiger partial charge in [-0.1, -0.05) is 5.10 Å². The Morgan fingerprint density at radius 2 is 2.09 bits per heavy atom. The van der Waals surface area contributed by atoms with Crippen LogP contribution >= 0.6 is 0 Å². The fourth-order valence-corrected chi connectivity index (χ4v) is 1.95. The quantitative estimate of drug-likeness (QED) is 0.934. The van der Waals surface area contributed by atoms with Crippen LogP contribution in [-0.2, 0) is 11.0 Å². The minimum absolute atomic E-state index is 0.00912. The van der Waals surface area contributed by atoms with Crippen LogP contribution in [0.4, 0.5) is 19.2 Å². The van der Waals surface area contributed by atoms with Gasteiger partial charge in [0.05, 0.1) is 5.56 Å². The van der Waals surface area contributed by atoms with Gasteiger partial charge in [-0.15, -0.1) is 5.10 Å². The predicted molar refractivity (Wildman–Crippen MR) is 67.1 cm³/mol. The number of carbonyl (C=O) groups is 1. The van der Waals surface area contributed by atoms with E-state index in [1.807, 2.05) is 0 Å². The van der Waals surface area contributed by atoms with E-state index in [0.717, 1.165) is 18.7 Å². The number of rotatable bonds is 3. The van der Waals surface area contributed by atoms with Gasteiger partial charge in [0.25, 0.3) is 5.89 Å². The zero-order valence-electron chi connectivity index (χ0n) is 11.1. The monoisotopic (exact) mass is 313 g/mol. The van der Waals surface area contributed by atoms with Gasteiger partial charge in [0.1, 0.15) is 5.69 Å². The van der Waals surface area contributed by atoms with E-state index in [2.05, 4.69) is 20.6 Å². The molecule has 2 aromatic heterocycles. The van der Waals surface area contributed by atoms with Crippen molar-refractivity contribution in [3.8, 4) is 11.5 Å². The highest BCUT2D eigenvalue weighted by atomic mass is 19.4. The van der Waals surface area contributed by atoms with Crippen molar-refractivity contribution in [1.82, 2.24) is 20.2 Å². The van der Waals surface area contributed by atoms with Gasteiger partial charge >= 0.3 is 12.2 Å². The first-order chi connectivity index (χ1) is 10.4. The number of pyridine rings is 1. The number of aromatic nitrogens is 3. The summed E-state index contributed by atoms with van der Waals surface area (Å²) < 4.78 is 42.5. The lowest BCUT2D eigenvalue weighted by Crippen LogP contribution is -2.30. The zero-order valence-corrected chi connectivity index (χ0v) is 11.1. The topological polar surface area (TPSA) is 84.2 Å². The van der Waals surface area contributed by atoms with Crippen molar-refractivity contribution in [1.29, 1.82) is 0 Å². The molecule has 1 amide bonds. The molecular weight excluding hydrogens is 303 g/mol. The maximum atomic E-state index is 12.4. The van der Waals surface area contributed by atoms with Crippen LogP contribution in [0.3, 0.4) is 0 Å². The van der Waals surface area contributed by atoms with Crippen molar-refractivity contribution >= 4 is 11.9 Å². The Morgan fingerprint density at radius 3 is 2.68 bits per heavy atom. The summed E-state index contributed by atoms with van der Waals surface area (Å²) in [6.07, 6.45) is -2.33. The summed E-state index contributed by atoms with van der Waals surface area (Å²) in [5.74, 6) is -0.0775. The Bertz CT molecular complexity index is 683. The van der Waals surface area contributed by atoms with Gasteiger partial charge in [-0.2, -0.15) is 13.2 Å². The molecule has 116 valence electrons. The average Bonchev–Trinajstić information content (AvgIpc) is 3.09. The molecule has 0 atom stereocenters. The number of amides is 1. The molecule has 1 saturated heterocycles. The second kappa shape index (κ2) is 5.28. The van der Waals surface area contributed by atoms with E-state index in [4.69, 9.17) is 4.42 Å². The smallest absolute Gasteiger partial charge is 0.402 e. The molecule has 0 unspecified atom stereocenters. The van der Waals surface area contributed by atoms with Gasteiger partial charge in [-0.05, 0) is 18.6 Å². The van der Waals surface area contributed by atoms with E-state index in [1.165, 1.54) is 11.1 Å². The zero-order chi connectivity index (χ0) is 15.7. The summed E-state index contributed by atoms with van der Waals surface area (Å²) in [4.78, 5) is 14.8. The van der Waals surface area contributed by atoms with Gasteiger partial charge < -0.3 is 4.42 Å². The Kier molecular flexibility index (Phi) is 3.43. The average molecular weight is 313 g/mol. The molecule has 0 aromatic carbocycles. The lowest BCUT2D eigenvalue weighted by molar-refractivity contribution is -0.141. The Balaban J connectivity index is 1.74. The van der Waals surface area contributed by atoms with Crippen molar-refractivity contribution in [2.45, 2.75) is 19.0 Å². The van der Waals surface area contributed by atoms with Crippen LogP contribution in [0.5, 0.6) is 0 Å². The third-order valence-corrected chi connectivity index (χ3v) is 3.03. The van der Waals surface area contributed by atoms with Crippen LogP contribution in [0.1, 0.15) is 18.5 Å². The fraction of sp³-hybridized carbons (Fsp3) is 0.333. The molecule has 0 bridgehead atoms. The van der Waals surface area contributed by atoms with E-state index < -0.39 is 11.9 Å². The predicted octanol–water partition coefficient (Wildman–Crippen LogP) is 2.10. The standard InChI is InChI=1S/C12H10F3N5O2/c13-12(14,15)8-4-3-7(6-16-8)10-17-18-11(22-10)19-20-5-1-2-9(20)21/h3-4,6H,1-2,5H2,(H,18,19). The number of carbonyl (C=O) groups excluding carboxylic acids is 1. The minimum atomic E-state index is -4.50. The van der Waals surface area contributed by atoms with E-state index in [1.54, 1.807) is 0 Å². The Labute approximate surface area is 122 Å². The molecule has 3 rings (SSSR count). The molecule has 2 aromatic rings. The summed E-state index contributed by atoms with van der Waals surface area (Å²) in [5, 5.41) is 8.75. The second-order valence-corrected chi connectivity index (χ2v) is 4.60. The van der Waals surface area contributed by atoms with Gasteiger partial charge in [0.15, 0.2) is 0 Å². The molecule has 1 fully saturated rings. The van der Waals surface area contributed by atoms with Gasteiger partial charge in [-0.3, -0.25) is 14.8 Å². The number of nitrogens with one attached hydrogen (secondary N) is 1. The summed E-state index contributed by atoms with van der Waals surface area (Å²) in [6, 6.07) is 2.01. The van der Waals surface area contributed by atoms with Crippen molar-refractivity contribution in [2.24, 2.45) is 0 Å². The van der Waals surface area contributed by atoms with E-state index in [-0.39, 0.29) is 23.4 Å². The summed E-state index contributed by atoms with van der Waals surface area (Å²) in [7, 11) is 0. The largest absolute Gasteiger partial charge is 0.433 e. The molecule has 1 aliphatic heterocycles. The molecule has 7 nitrogen and oxygen atoms in total. The van der Waals surface area contributed by atoms with Crippen LogP contribution in [0.25, 0.3) is 11.5 Å². The van der Waals surface area contributed by atoms with Crippen molar-refractivity contribution in [3.63, 3.8) is 0 Å². The third kappa shape index (κ3) is 2.85. The van der Waals surface area contributed by atoms with Crippen molar-refractivity contribution in [2.75, 3.05) is 12.0 Å². The van der Waals surface area contributed by atoms with Gasteiger partial charge in [-0.25, -0.2) is 5.43 Å². The van der Waals surface area contributed by atoms with Crippen molar-refractivity contribution < 1.29 is 22.4 Å². The summed E-state index contributed by atoms with van der Waals surface area (Å²) in [5.41, 5.74) is 1.91. The highest BCUT2D eigenvalue weighted by Crippen LogP contribution is 2.29. The first-order valence-electron chi connectivity index (χ1n) is 6.37. The number of alkyl halides is 3. The number of hydrogen-bond donors (Lipinski definition) is 1. The Morgan fingerprint density at radius 1 is 1.27 bits per heavy atom. The summed E-state index contributed by atoms with van der Waals surface area (Å²) in [6.45, 7) is 0.526. The number of halogens is 3. The minimum Gasteiger partial charge on any atom is -0.402 e. The van der Waals surface area contributed by atoms with Crippen molar-refractivity contribution in [3.05, 3.63) is 24.0 Å². The normalized spacial score (nSPS) is 15.4. The molecule has 1 N–H and O–H groups in total. The first-order valence-corrected chi connectivity index (χ1v) is 6.37. The highest BCUT2D eigenvalue weighted by Gasteiger charge is 2.32. The lowest BCUT2D eigenvalue weighted by atomic mass is 10.2. The van der Waals surface area contributed by atoms with Crippen LogP contribution in [-0.4, -0.2) is 32.6 Å². The van der Waals surface area contributed by atoms with Crippen LogP contribution in [0.15, 0.2) is 22.7 Å². The maximum Gasteiger partial charge on any atom is 0.433 e. The molecule has 22 heavy (non-hydrogen) atoms. The molecule has 3 heterocycles. The van der Waals surface area contributed by atoms with E-state index in [0.29, 0.717) is 13.0 Å². The number of hydrogen-bond acceptors (Lipinski definition) is 6. The maximum absolute atomic E-state index is 12.4. The van der Waals surface area contributed by atoms with Gasteiger partial charge in [0, 0.05) is 19.2 Å². The van der Waals surface area contributed by atoms with E-state index in [9.17, 15) is 18.0 Å². The molecule has 0 radical (unpaired) electrons. The Hall–Kier alpha value is -2.65. The van der Waals surface area contributed by atoms with Crippen LogP contribution in [0.2, 0.25) is 0 Å². The molecule has 0 aliphatic carbocycles. The summed E-state index contributed by atoms with van der Waals surface area (Å²) >= 11 is 0. The SMILES string of the molecule is O=C1CCCN1Nc1nnc(-c2ccc(C(F)(F)F)nc2)o1. The lowest BCUT2D eigenvalue weighted by Gasteiger charge is -2.13. The molecule has 0 spiro atoms. The third-order valence-electron chi connectivity index (χ3n) is 3.03. The highest BCUT2D eigenvalue weighted by molar-refractivity contribution is 5.79. The van der Waals surface area contributed by atoms with E-state index >= 15 is 0 Å². The number of hydrazine groups is 1. The van der Waals surface area contributed by atoms with Crippen LogP contribution in [0, 0.1) is 0 Å². The number of anilines is 1. The fourth-order valence-electron chi connectivity index (χ4n) is 1.95. The van der Waals surface area contributed by atoms with Crippen LogP contribution < -0.4 is 5.43 Å². The molecular formula is C12H10F3N5O2.